The van der Waals surface area contributed by atoms with Crippen LogP contribution in [-0.4, -0.2) is 32.2 Å². The molecule has 1 N–H and O–H groups in total. The fraction of sp³-hybridized carbons (Fsp3) is 0.400. The molecular weight excluding hydrogens is 336 g/mol. The number of phenolic OH excluding ortho intramolecular Hbond substituents is 1. The number of fused-ring (bicyclic) bond motifs is 2. The number of phenols is 1. The van der Waals surface area contributed by atoms with Gasteiger partial charge in [-0.25, -0.2) is 0 Å². The molecule has 0 unspecified atom stereocenters. The third-order valence-electron chi connectivity index (χ3n) is 5.52. The van der Waals surface area contributed by atoms with E-state index in [0.29, 0.717) is 19.0 Å². The van der Waals surface area contributed by atoms with Crippen molar-refractivity contribution in [2.24, 2.45) is 11.8 Å². The summed E-state index contributed by atoms with van der Waals surface area (Å²) in [5.41, 5.74) is 2.09. The van der Waals surface area contributed by atoms with Gasteiger partial charge in [0, 0.05) is 11.8 Å². The van der Waals surface area contributed by atoms with E-state index < -0.39 is 0 Å². The third kappa shape index (κ3) is 2.40. The smallest absolute Gasteiger partial charge is 0.231 e. The summed E-state index contributed by atoms with van der Waals surface area (Å²) < 4.78 is 28.4. The lowest BCUT2D eigenvalue weighted by Crippen LogP contribution is -2.14. The molecule has 0 aromatic heterocycles. The minimum atomic E-state index is -0.0616. The molecule has 0 radical (unpaired) electrons. The molecular formula is C20H20O6. The highest BCUT2D eigenvalue weighted by Crippen LogP contribution is 2.51. The second-order valence-electron chi connectivity index (χ2n) is 6.88. The molecule has 3 heterocycles. The fourth-order valence-corrected chi connectivity index (χ4v) is 4.20. The van der Waals surface area contributed by atoms with Gasteiger partial charge in [0.1, 0.15) is 0 Å². The van der Waals surface area contributed by atoms with Crippen molar-refractivity contribution in [1.82, 2.24) is 0 Å². The van der Waals surface area contributed by atoms with E-state index in [4.69, 9.17) is 23.7 Å². The van der Waals surface area contributed by atoms with E-state index in [-0.39, 0.29) is 36.6 Å². The summed E-state index contributed by atoms with van der Waals surface area (Å²) in [7, 11) is 1.55. The van der Waals surface area contributed by atoms with Gasteiger partial charge in [-0.15, -0.1) is 0 Å². The first kappa shape index (κ1) is 15.8. The molecule has 136 valence electrons. The molecule has 6 heteroatoms. The highest BCUT2D eigenvalue weighted by Gasteiger charge is 2.48. The number of benzene rings is 2. The molecule has 3 aliphatic rings. The number of methoxy groups -OCH3 is 1. The molecule has 4 atom stereocenters. The van der Waals surface area contributed by atoms with Crippen LogP contribution in [0.5, 0.6) is 23.0 Å². The molecule has 6 nitrogen and oxygen atoms in total. The average molecular weight is 356 g/mol. The Labute approximate surface area is 151 Å². The molecule has 2 aromatic rings. The van der Waals surface area contributed by atoms with Gasteiger partial charge in [-0.2, -0.15) is 0 Å². The first-order valence-corrected chi connectivity index (χ1v) is 8.74. The van der Waals surface area contributed by atoms with E-state index in [9.17, 15) is 5.11 Å². The van der Waals surface area contributed by atoms with Crippen LogP contribution in [0.15, 0.2) is 36.4 Å². The summed E-state index contributed by atoms with van der Waals surface area (Å²) in [6.45, 7) is 1.54. The van der Waals surface area contributed by atoms with Gasteiger partial charge in [-0.1, -0.05) is 12.1 Å². The Bertz CT molecular complexity index is 810. The van der Waals surface area contributed by atoms with E-state index >= 15 is 0 Å². The Hall–Kier alpha value is -2.44. The molecule has 3 aliphatic heterocycles. The summed E-state index contributed by atoms with van der Waals surface area (Å²) in [5, 5.41) is 9.82. The second kappa shape index (κ2) is 6.07. The maximum Gasteiger partial charge on any atom is 0.231 e. The van der Waals surface area contributed by atoms with Crippen molar-refractivity contribution < 1.29 is 28.8 Å². The van der Waals surface area contributed by atoms with Gasteiger partial charge < -0.3 is 28.8 Å². The van der Waals surface area contributed by atoms with Crippen molar-refractivity contribution in [3.8, 4) is 23.0 Å². The Morgan fingerprint density at radius 2 is 1.54 bits per heavy atom. The van der Waals surface area contributed by atoms with E-state index in [1.807, 2.05) is 30.3 Å². The van der Waals surface area contributed by atoms with Crippen molar-refractivity contribution in [3.63, 3.8) is 0 Å². The first-order valence-electron chi connectivity index (χ1n) is 8.74. The van der Waals surface area contributed by atoms with Crippen LogP contribution < -0.4 is 14.2 Å². The highest BCUT2D eigenvalue weighted by atomic mass is 16.7. The van der Waals surface area contributed by atoms with E-state index in [1.54, 1.807) is 13.2 Å². The fourth-order valence-electron chi connectivity index (χ4n) is 4.20. The minimum Gasteiger partial charge on any atom is -0.504 e. The summed E-state index contributed by atoms with van der Waals surface area (Å²) in [6.07, 6.45) is -0.0768. The van der Waals surface area contributed by atoms with Gasteiger partial charge in [-0.3, -0.25) is 0 Å². The van der Waals surface area contributed by atoms with Gasteiger partial charge >= 0.3 is 0 Å². The molecule has 0 saturated carbocycles. The number of hydrogen-bond donors (Lipinski definition) is 1. The monoisotopic (exact) mass is 356 g/mol. The molecule has 0 amide bonds. The predicted molar refractivity (Wildman–Crippen MR) is 91.6 cm³/mol. The minimum absolute atomic E-state index is 0.0153. The molecule has 0 spiro atoms. The molecule has 0 aliphatic carbocycles. The number of aromatic hydroxyl groups is 1. The molecule has 26 heavy (non-hydrogen) atoms. The van der Waals surface area contributed by atoms with E-state index in [2.05, 4.69) is 0 Å². The zero-order chi connectivity index (χ0) is 17.7. The second-order valence-corrected chi connectivity index (χ2v) is 6.88. The topological polar surface area (TPSA) is 66.4 Å². The molecule has 2 saturated heterocycles. The van der Waals surface area contributed by atoms with Gasteiger partial charge in [0.05, 0.1) is 32.5 Å². The summed E-state index contributed by atoms with van der Waals surface area (Å²) in [6, 6.07) is 11.4. The number of ether oxygens (including phenoxy) is 5. The van der Waals surface area contributed by atoms with E-state index in [1.165, 1.54) is 0 Å². The zero-order valence-corrected chi connectivity index (χ0v) is 14.4. The van der Waals surface area contributed by atoms with Crippen molar-refractivity contribution in [2.45, 2.75) is 12.2 Å². The van der Waals surface area contributed by atoms with Crippen LogP contribution in [0.1, 0.15) is 23.3 Å². The lowest BCUT2D eigenvalue weighted by Gasteiger charge is -2.17. The molecule has 5 rings (SSSR count). The quantitative estimate of drug-likeness (QED) is 0.911. The predicted octanol–water partition coefficient (Wildman–Crippen LogP) is 3.20. The Balaban J connectivity index is 1.40. The SMILES string of the molecule is COc1cc([C@@H]2OC[C@H]3[C@H]2CO[C@@H]3c2ccc3c(c2)OCO3)ccc1O. The van der Waals surface area contributed by atoms with Crippen molar-refractivity contribution in [2.75, 3.05) is 27.1 Å². The zero-order valence-electron chi connectivity index (χ0n) is 14.4. The van der Waals surface area contributed by atoms with Gasteiger partial charge in [-0.05, 0) is 35.4 Å². The maximum absolute atomic E-state index is 9.82. The van der Waals surface area contributed by atoms with Crippen LogP contribution in [0.25, 0.3) is 0 Å². The van der Waals surface area contributed by atoms with Crippen molar-refractivity contribution in [3.05, 3.63) is 47.5 Å². The summed E-state index contributed by atoms with van der Waals surface area (Å²) in [5.74, 6) is 2.68. The van der Waals surface area contributed by atoms with Crippen LogP contribution in [-0.2, 0) is 9.47 Å². The summed E-state index contributed by atoms with van der Waals surface area (Å²) >= 11 is 0. The Kier molecular flexibility index (Phi) is 3.69. The van der Waals surface area contributed by atoms with Crippen molar-refractivity contribution in [1.29, 1.82) is 0 Å². The lowest BCUT2D eigenvalue weighted by molar-refractivity contribution is 0.0191. The molecule has 2 aromatic carbocycles. The van der Waals surface area contributed by atoms with Crippen LogP contribution >= 0.6 is 0 Å². The maximum atomic E-state index is 9.82. The lowest BCUT2D eigenvalue weighted by atomic mass is 9.85. The average Bonchev–Trinajstić information content (AvgIpc) is 3.37. The standard InChI is InChI=1S/C20H20O6/c1-22-17-6-11(2-4-15(17)21)19-13-8-24-20(14(13)9-23-19)12-3-5-16-18(7-12)26-10-25-16/h2-7,13-14,19-21H,8-10H2,1H3/t13-,14+,19+,20-/m1/s1. The number of rotatable bonds is 3. The van der Waals surface area contributed by atoms with E-state index in [0.717, 1.165) is 22.6 Å². The van der Waals surface area contributed by atoms with Gasteiger partial charge in [0.2, 0.25) is 6.79 Å². The van der Waals surface area contributed by atoms with Gasteiger partial charge in [0.25, 0.3) is 0 Å². The van der Waals surface area contributed by atoms with Crippen LogP contribution in [0.4, 0.5) is 0 Å². The molecule has 2 fully saturated rings. The van der Waals surface area contributed by atoms with Crippen molar-refractivity contribution >= 4 is 0 Å². The van der Waals surface area contributed by atoms with Crippen LogP contribution in [0.3, 0.4) is 0 Å². The Morgan fingerprint density at radius 3 is 2.27 bits per heavy atom. The van der Waals surface area contributed by atoms with Gasteiger partial charge in [0.15, 0.2) is 23.0 Å². The normalized spacial score (nSPS) is 29.0. The third-order valence-corrected chi connectivity index (χ3v) is 5.52. The Morgan fingerprint density at radius 1 is 0.885 bits per heavy atom. The number of hydrogen-bond acceptors (Lipinski definition) is 6. The molecule has 0 bridgehead atoms. The van der Waals surface area contributed by atoms with Crippen LogP contribution in [0.2, 0.25) is 0 Å². The summed E-state index contributed by atoms with van der Waals surface area (Å²) in [4.78, 5) is 0. The largest absolute Gasteiger partial charge is 0.504 e. The highest BCUT2D eigenvalue weighted by molar-refractivity contribution is 5.46. The first-order chi connectivity index (χ1) is 12.7. The van der Waals surface area contributed by atoms with Crippen LogP contribution in [0, 0.1) is 11.8 Å².